The average molecular weight is 465 g/mol. The number of thioether (sulfide) groups is 1. The van der Waals surface area contributed by atoms with E-state index in [1.807, 2.05) is 47.8 Å². The molecular weight excluding hydrogens is 444 g/mol. The Morgan fingerprint density at radius 2 is 1.88 bits per heavy atom. The fourth-order valence-electron chi connectivity index (χ4n) is 3.02. The second kappa shape index (κ2) is 9.80. The smallest absolute Gasteiger partial charge is 0.265 e. The molecule has 0 bridgehead atoms. The second-order valence-electron chi connectivity index (χ2n) is 6.97. The maximum absolute atomic E-state index is 12.7. The van der Waals surface area contributed by atoms with E-state index in [1.165, 1.54) is 28.1 Å². The molecule has 3 aromatic rings. The number of amides is 3. The lowest BCUT2D eigenvalue weighted by Crippen LogP contribution is -2.35. The van der Waals surface area contributed by atoms with E-state index < -0.39 is 5.25 Å². The second-order valence-corrected chi connectivity index (χ2v) is 9.34. The van der Waals surface area contributed by atoms with Gasteiger partial charge in [-0.25, -0.2) is 0 Å². The summed E-state index contributed by atoms with van der Waals surface area (Å²) < 4.78 is 0. The Balaban J connectivity index is 1.36. The minimum atomic E-state index is -0.429. The molecule has 9 heteroatoms. The first-order chi connectivity index (χ1) is 15.5. The molecule has 1 aliphatic heterocycles. The third kappa shape index (κ3) is 5.24. The molecule has 0 radical (unpaired) electrons. The van der Waals surface area contributed by atoms with Gasteiger partial charge in [0.05, 0.1) is 22.2 Å². The van der Waals surface area contributed by atoms with Crippen LogP contribution in [0.25, 0.3) is 0 Å². The number of nitrogens with zero attached hydrogens (tertiary/aromatic N) is 2. The monoisotopic (exact) mass is 464 g/mol. The molecule has 0 fully saturated rings. The highest BCUT2D eigenvalue weighted by molar-refractivity contribution is 8.00. The normalized spacial score (nSPS) is 14.1. The Hall–Kier alpha value is -3.43. The van der Waals surface area contributed by atoms with E-state index in [4.69, 9.17) is 0 Å². The third-order valence-electron chi connectivity index (χ3n) is 4.56. The fraction of sp³-hybridized carbons (Fsp3) is 0.130. The van der Waals surface area contributed by atoms with Crippen molar-refractivity contribution in [2.24, 2.45) is 5.10 Å². The summed E-state index contributed by atoms with van der Waals surface area (Å²) in [6.07, 6.45) is 0.0439. The third-order valence-corrected chi connectivity index (χ3v) is 6.53. The van der Waals surface area contributed by atoms with Crippen LogP contribution in [0, 0.1) is 0 Å². The van der Waals surface area contributed by atoms with E-state index in [9.17, 15) is 14.4 Å². The van der Waals surface area contributed by atoms with Gasteiger partial charge in [0, 0.05) is 10.6 Å². The predicted molar refractivity (Wildman–Crippen MR) is 128 cm³/mol. The summed E-state index contributed by atoms with van der Waals surface area (Å²) in [7, 11) is 0. The molecule has 0 spiro atoms. The highest BCUT2D eigenvalue weighted by Gasteiger charge is 2.27. The van der Waals surface area contributed by atoms with Crippen LogP contribution in [0.4, 0.5) is 11.4 Å². The Morgan fingerprint density at radius 1 is 1.06 bits per heavy atom. The molecule has 3 amide bonds. The number of para-hydroxylation sites is 1. The highest BCUT2D eigenvalue weighted by Crippen LogP contribution is 2.27. The van der Waals surface area contributed by atoms with Crippen molar-refractivity contribution in [1.82, 2.24) is 5.32 Å². The zero-order chi connectivity index (χ0) is 22.5. The lowest BCUT2D eigenvalue weighted by atomic mass is 10.3. The van der Waals surface area contributed by atoms with Gasteiger partial charge in [0.2, 0.25) is 5.91 Å². The van der Waals surface area contributed by atoms with Crippen molar-refractivity contribution in [3.05, 3.63) is 77.0 Å². The first kappa shape index (κ1) is 21.8. The Labute approximate surface area is 193 Å². The summed E-state index contributed by atoms with van der Waals surface area (Å²) in [5.74, 6) is -0.279. The quantitative estimate of drug-likeness (QED) is 0.531. The molecule has 0 saturated heterocycles. The maximum Gasteiger partial charge on any atom is 0.265 e. The number of amidine groups is 1. The van der Waals surface area contributed by atoms with Crippen LogP contribution in [0.15, 0.2) is 82.1 Å². The number of nitrogens with one attached hydrogen (secondary N) is 2. The van der Waals surface area contributed by atoms with Gasteiger partial charge in [-0.1, -0.05) is 30.3 Å². The van der Waals surface area contributed by atoms with Crippen LogP contribution in [0.5, 0.6) is 0 Å². The van der Waals surface area contributed by atoms with E-state index in [2.05, 4.69) is 15.7 Å². The SMILES string of the molecule is CC(Sc1cccc(NC(=O)c2cccs2)c1)C(=O)NC1=NN(c2ccccc2)C(=O)C1. The van der Waals surface area contributed by atoms with Gasteiger partial charge >= 0.3 is 0 Å². The Bertz CT molecular complexity index is 1160. The number of rotatable bonds is 6. The minimum Gasteiger partial charge on any atom is -0.321 e. The molecule has 2 N–H and O–H groups in total. The first-order valence-corrected chi connectivity index (χ1v) is 11.6. The van der Waals surface area contributed by atoms with Gasteiger partial charge in [0.15, 0.2) is 0 Å². The summed E-state index contributed by atoms with van der Waals surface area (Å²) in [5.41, 5.74) is 1.32. The van der Waals surface area contributed by atoms with Crippen LogP contribution in [-0.4, -0.2) is 28.8 Å². The van der Waals surface area contributed by atoms with Crippen molar-refractivity contribution in [3.63, 3.8) is 0 Å². The lowest BCUT2D eigenvalue weighted by molar-refractivity contribution is -0.118. The molecule has 7 nitrogen and oxygen atoms in total. The summed E-state index contributed by atoms with van der Waals surface area (Å²) in [6.45, 7) is 1.78. The van der Waals surface area contributed by atoms with Gasteiger partial charge in [-0.05, 0) is 48.7 Å². The van der Waals surface area contributed by atoms with E-state index >= 15 is 0 Å². The van der Waals surface area contributed by atoms with Crippen molar-refractivity contribution in [2.75, 3.05) is 10.3 Å². The molecule has 162 valence electrons. The van der Waals surface area contributed by atoms with Crippen LogP contribution >= 0.6 is 23.1 Å². The number of hydrazone groups is 1. The van der Waals surface area contributed by atoms with Crippen LogP contribution in [0.1, 0.15) is 23.0 Å². The van der Waals surface area contributed by atoms with Gasteiger partial charge in [0.25, 0.3) is 11.8 Å². The highest BCUT2D eigenvalue weighted by atomic mass is 32.2. The first-order valence-electron chi connectivity index (χ1n) is 9.87. The molecule has 32 heavy (non-hydrogen) atoms. The summed E-state index contributed by atoms with van der Waals surface area (Å²) in [4.78, 5) is 38.6. The molecule has 4 rings (SSSR count). The lowest BCUT2D eigenvalue weighted by Gasteiger charge is -2.12. The van der Waals surface area contributed by atoms with Gasteiger partial charge in [-0.15, -0.1) is 23.1 Å². The van der Waals surface area contributed by atoms with Gasteiger partial charge in [-0.2, -0.15) is 10.1 Å². The number of hydrogen-bond acceptors (Lipinski definition) is 6. The summed E-state index contributed by atoms with van der Waals surface area (Å²) in [5, 5.41) is 12.6. The molecule has 0 saturated carbocycles. The van der Waals surface area contributed by atoms with Gasteiger partial charge in [-0.3, -0.25) is 14.4 Å². The number of thiophene rings is 1. The van der Waals surface area contributed by atoms with Gasteiger partial charge < -0.3 is 10.6 Å². The minimum absolute atomic E-state index is 0.0439. The summed E-state index contributed by atoms with van der Waals surface area (Å²) >= 11 is 2.73. The zero-order valence-electron chi connectivity index (χ0n) is 17.1. The van der Waals surface area contributed by atoms with Crippen LogP contribution < -0.4 is 15.6 Å². The largest absolute Gasteiger partial charge is 0.321 e. The molecule has 2 aromatic carbocycles. The van der Waals surface area contributed by atoms with Crippen molar-refractivity contribution in [2.45, 2.75) is 23.5 Å². The maximum atomic E-state index is 12.7. The molecule has 2 heterocycles. The molecule has 1 unspecified atom stereocenters. The summed E-state index contributed by atoms with van der Waals surface area (Å²) in [6, 6.07) is 20.0. The van der Waals surface area contributed by atoms with E-state index in [0.29, 0.717) is 22.1 Å². The molecule has 1 aromatic heterocycles. The average Bonchev–Trinajstić information content (AvgIpc) is 3.45. The molecule has 0 aliphatic carbocycles. The van der Waals surface area contributed by atoms with Crippen molar-refractivity contribution in [1.29, 1.82) is 0 Å². The Morgan fingerprint density at radius 3 is 2.62 bits per heavy atom. The predicted octanol–water partition coefficient (Wildman–Crippen LogP) is 4.35. The van der Waals surface area contributed by atoms with Crippen molar-refractivity contribution < 1.29 is 14.4 Å². The van der Waals surface area contributed by atoms with E-state index in [-0.39, 0.29) is 24.1 Å². The molecule has 1 aliphatic rings. The topological polar surface area (TPSA) is 90.9 Å². The van der Waals surface area contributed by atoms with E-state index in [0.717, 1.165) is 4.90 Å². The number of carbonyl (C=O) groups excluding carboxylic acids is 3. The number of anilines is 2. The van der Waals surface area contributed by atoms with Crippen LogP contribution in [-0.2, 0) is 9.59 Å². The van der Waals surface area contributed by atoms with Crippen molar-refractivity contribution in [3.8, 4) is 0 Å². The molecule has 1 atom stereocenters. The molecular formula is C23H20N4O3S2. The van der Waals surface area contributed by atoms with Crippen LogP contribution in [0.2, 0.25) is 0 Å². The number of hydrogen-bond donors (Lipinski definition) is 2. The standard InChI is InChI=1S/C23H20N4O3S2/c1-15(22(29)25-20-14-21(28)27(26-20)17-8-3-2-4-9-17)32-18-10-5-7-16(13-18)24-23(30)19-11-6-12-31-19/h2-13,15H,14H2,1H3,(H,24,30)(H,25,26,29). The number of carbonyl (C=O) groups is 3. The number of benzene rings is 2. The van der Waals surface area contributed by atoms with Crippen LogP contribution in [0.3, 0.4) is 0 Å². The Kier molecular flexibility index (Phi) is 6.67. The van der Waals surface area contributed by atoms with Crippen molar-refractivity contribution >= 4 is 58.0 Å². The fourth-order valence-corrected chi connectivity index (χ4v) is 4.56. The van der Waals surface area contributed by atoms with E-state index in [1.54, 1.807) is 31.2 Å². The zero-order valence-corrected chi connectivity index (χ0v) is 18.8. The van der Waals surface area contributed by atoms with Gasteiger partial charge in [0.1, 0.15) is 5.84 Å².